The molecule has 3 aliphatic rings. The van der Waals surface area contributed by atoms with Crippen LogP contribution in [0.4, 0.5) is 0 Å². The van der Waals surface area contributed by atoms with E-state index in [2.05, 4.69) is 167 Å². The monoisotopic (exact) mass is 977 g/mol. The molecule has 0 unspecified atom stereocenters. The SMILES string of the molecule is CNC(=O)[C@@H]1C[C@]1(Oc1cccc2ccccc12)c1cccs1.CNC[C@@H]1C[C@]1(Oc1cccc2ccccc12)c1cccs1.C[NH2+]C[C@@H]1C[C@]1(Oc1cccc2ccccc12)c1cccs1.[Cl-]. The third kappa shape index (κ3) is 9.38. The number of nitrogens with one attached hydrogen (secondary N) is 2. The van der Waals surface area contributed by atoms with Crippen LogP contribution in [-0.2, 0) is 21.6 Å². The van der Waals surface area contributed by atoms with Gasteiger partial charge >= 0.3 is 0 Å². The average molecular weight is 979 g/mol. The van der Waals surface area contributed by atoms with Crippen LogP contribution in [0.3, 0.4) is 0 Å². The van der Waals surface area contributed by atoms with Gasteiger partial charge in [-0.1, -0.05) is 127 Å². The molecule has 348 valence electrons. The highest BCUT2D eigenvalue weighted by Crippen LogP contribution is 2.59. The van der Waals surface area contributed by atoms with E-state index in [1.165, 1.54) is 31.3 Å². The molecule has 3 saturated carbocycles. The number of rotatable bonds is 14. The maximum absolute atomic E-state index is 12.2. The Morgan fingerprint density at radius 1 is 0.529 bits per heavy atom. The van der Waals surface area contributed by atoms with Crippen LogP contribution in [-0.4, -0.2) is 40.1 Å². The molecule has 7 nitrogen and oxygen atoms in total. The predicted octanol–water partition coefficient (Wildman–Crippen LogP) is 8.75. The number of thiophene rings is 3. The molecule has 0 bridgehead atoms. The first-order valence-electron chi connectivity index (χ1n) is 23.2. The van der Waals surface area contributed by atoms with Gasteiger partial charge in [-0.15, -0.1) is 34.0 Å². The van der Waals surface area contributed by atoms with Crippen molar-refractivity contribution in [3.8, 4) is 17.2 Å². The van der Waals surface area contributed by atoms with Gasteiger partial charge in [0.2, 0.25) is 5.91 Å². The number of carbonyl (C=O) groups is 1. The van der Waals surface area contributed by atoms with Crippen LogP contribution in [0.15, 0.2) is 180 Å². The number of quaternary nitrogens is 1. The highest BCUT2D eigenvalue weighted by Gasteiger charge is 2.63. The molecule has 1 amide bonds. The Labute approximate surface area is 416 Å². The van der Waals surface area contributed by atoms with Crippen molar-refractivity contribution < 1.29 is 36.7 Å². The van der Waals surface area contributed by atoms with E-state index in [-0.39, 0.29) is 35.4 Å². The van der Waals surface area contributed by atoms with E-state index in [0.29, 0.717) is 11.8 Å². The lowest BCUT2D eigenvalue weighted by Crippen LogP contribution is -3.00. The molecule has 6 aromatic carbocycles. The molecule has 6 atom stereocenters. The standard InChI is InChI=1S/C19H17NO2S.2C19H19NOS.ClH/c1-20-18(21)15-12-19(15,17-10-5-11-23-17)22-16-9-4-7-13-6-2-3-8-14(13)16;2*1-20-13-15-12-19(15,18-10-5-11-22-18)21-17-9-4-7-14-6-2-3-8-16(14)17;/h2-11,15H,12H2,1H3,(H,20,21);2*2-11,15,20H,12-13H2,1H3;1H/t3*15-,19+;/m000./s1. The van der Waals surface area contributed by atoms with Crippen molar-refractivity contribution in [3.05, 3.63) is 195 Å². The molecule has 0 spiro atoms. The number of fused-ring (bicyclic) bond motifs is 3. The first-order valence-corrected chi connectivity index (χ1v) is 25.8. The highest BCUT2D eigenvalue weighted by atomic mass is 35.5. The molecule has 11 heteroatoms. The van der Waals surface area contributed by atoms with Crippen LogP contribution in [0, 0.1) is 17.8 Å². The van der Waals surface area contributed by atoms with Crippen molar-refractivity contribution in [2.75, 3.05) is 34.2 Å². The average Bonchev–Trinajstić information content (AvgIpc) is 4.09. The van der Waals surface area contributed by atoms with Gasteiger partial charge < -0.3 is 42.6 Å². The van der Waals surface area contributed by atoms with Crippen LogP contribution in [0.25, 0.3) is 32.3 Å². The fourth-order valence-electron chi connectivity index (χ4n) is 9.77. The maximum Gasteiger partial charge on any atom is 0.227 e. The molecule has 3 fully saturated rings. The summed E-state index contributed by atoms with van der Waals surface area (Å²) in [6.07, 6.45) is 2.91. The number of hydrogen-bond acceptors (Lipinski definition) is 8. The van der Waals surface area contributed by atoms with Crippen molar-refractivity contribution in [1.29, 1.82) is 0 Å². The lowest BCUT2D eigenvalue weighted by atomic mass is 10.1. The van der Waals surface area contributed by atoms with Crippen molar-refractivity contribution in [3.63, 3.8) is 0 Å². The maximum atomic E-state index is 12.2. The van der Waals surface area contributed by atoms with Crippen molar-refractivity contribution in [2.45, 2.75) is 36.1 Å². The summed E-state index contributed by atoms with van der Waals surface area (Å²) in [5.41, 5.74) is -0.801. The first-order chi connectivity index (χ1) is 32.9. The van der Waals surface area contributed by atoms with E-state index in [1.54, 1.807) is 29.7 Å². The zero-order valence-corrected chi connectivity index (χ0v) is 41.6. The molecular formula is C57H56ClN3O4S3. The van der Waals surface area contributed by atoms with Gasteiger partial charge in [0.05, 0.1) is 25.4 Å². The van der Waals surface area contributed by atoms with E-state index in [0.717, 1.165) is 65.3 Å². The highest BCUT2D eigenvalue weighted by molar-refractivity contribution is 7.10. The molecule has 3 aromatic heterocycles. The van der Waals surface area contributed by atoms with Gasteiger partial charge in [0.1, 0.15) is 22.8 Å². The second kappa shape index (κ2) is 20.5. The summed E-state index contributed by atoms with van der Waals surface area (Å²) in [5.74, 6) is 3.87. The third-order valence-corrected chi connectivity index (χ3v) is 16.6. The molecule has 3 aliphatic carbocycles. The van der Waals surface area contributed by atoms with Gasteiger partial charge in [-0.2, -0.15) is 0 Å². The quantitative estimate of drug-likeness (QED) is 0.102. The fourth-order valence-corrected chi connectivity index (χ4v) is 12.6. The molecule has 12 rings (SSSR count). The smallest absolute Gasteiger partial charge is 0.227 e. The fraction of sp³-hybridized carbons (Fsp3) is 0.246. The van der Waals surface area contributed by atoms with E-state index in [1.807, 2.05) is 54.1 Å². The Balaban J connectivity index is 0.000000127. The molecule has 3 heterocycles. The van der Waals surface area contributed by atoms with Crippen LogP contribution < -0.4 is 42.6 Å². The van der Waals surface area contributed by atoms with Gasteiger partial charge in [0, 0.05) is 69.6 Å². The molecule has 9 aromatic rings. The number of benzene rings is 6. The van der Waals surface area contributed by atoms with E-state index >= 15 is 0 Å². The Morgan fingerprint density at radius 2 is 0.926 bits per heavy atom. The third-order valence-electron chi connectivity index (χ3n) is 13.5. The molecule has 68 heavy (non-hydrogen) atoms. The first kappa shape index (κ1) is 47.4. The molecule has 4 N–H and O–H groups in total. The summed E-state index contributed by atoms with van der Waals surface area (Å²) in [4.78, 5) is 16.0. The number of amides is 1. The number of carbonyl (C=O) groups excluding carboxylic acids is 1. The molecular weight excluding hydrogens is 922 g/mol. The molecule has 0 aliphatic heterocycles. The summed E-state index contributed by atoms with van der Waals surface area (Å²) in [7, 11) is 5.82. The summed E-state index contributed by atoms with van der Waals surface area (Å²) in [6, 6.07) is 56.4. The minimum atomic E-state index is -0.529. The topological polar surface area (TPSA) is 85.4 Å². The summed E-state index contributed by atoms with van der Waals surface area (Å²) in [5, 5.41) is 21.7. The van der Waals surface area contributed by atoms with E-state index in [9.17, 15) is 4.79 Å². The summed E-state index contributed by atoms with van der Waals surface area (Å²) >= 11 is 5.25. The van der Waals surface area contributed by atoms with Crippen LogP contribution >= 0.6 is 34.0 Å². The second-order valence-electron chi connectivity index (χ2n) is 17.7. The van der Waals surface area contributed by atoms with Crippen LogP contribution in [0.1, 0.15) is 33.9 Å². The number of halogens is 1. The minimum absolute atomic E-state index is 0. The lowest BCUT2D eigenvalue weighted by molar-refractivity contribution is -0.630. The van der Waals surface area contributed by atoms with Gasteiger partial charge in [0.15, 0.2) is 11.2 Å². The Kier molecular flexibility index (Phi) is 14.3. The number of ether oxygens (including phenoxy) is 3. The van der Waals surface area contributed by atoms with Gasteiger partial charge in [-0.05, 0) is 75.7 Å². The lowest BCUT2D eigenvalue weighted by Gasteiger charge is -2.20. The van der Waals surface area contributed by atoms with Gasteiger partial charge in [-0.25, -0.2) is 0 Å². The number of nitrogens with two attached hydrogens (primary N) is 1. The Hall–Kier alpha value is -5.72. The zero-order chi connectivity index (χ0) is 45.9. The minimum Gasteiger partial charge on any atom is -1.00 e. The van der Waals surface area contributed by atoms with Gasteiger partial charge in [0.25, 0.3) is 0 Å². The second-order valence-corrected chi connectivity index (χ2v) is 20.6. The predicted molar refractivity (Wildman–Crippen MR) is 277 cm³/mol. The molecule has 0 saturated heterocycles. The normalized spacial score (nSPS) is 23.0. The number of hydrogen-bond donors (Lipinski definition) is 3. The Bertz CT molecular complexity index is 2940. The van der Waals surface area contributed by atoms with Crippen molar-refractivity contribution >= 4 is 72.2 Å². The Morgan fingerprint density at radius 3 is 1.34 bits per heavy atom. The summed E-state index contributed by atoms with van der Waals surface area (Å²) < 4.78 is 19.7. The van der Waals surface area contributed by atoms with Crippen LogP contribution in [0.2, 0.25) is 0 Å². The van der Waals surface area contributed by atoms with Gasteiger partial charge in [-0.3, -0.25) is 4.79 Å². The zero-order valence-electron chi connectivity index (χ0n) is 38.4. The van der Waals surface area contributed by atoms with E-state index < -0.39 is 5.60 Å². The summed E-state index contributed by atoms with van der Waals surface area (Å²) in [6.45, 7) is 2.10. The largest absolute Gasteiger partial charge is 1.00 e. The van der Waals surface area contributed by atoms with Crippen LogP contribution in [0.5, 0.6) is 17.2 Å². The van der Waals surface area contributed by atoms with Crippen molar-refractivity contribution in [1.82, 2.24) is 10.6 Å². The van der Waals surface area contributed by atoms with Crippen molar-refractivity contribution in [2.24, 2.45) is 17.8 Å². The van der Waals surface area contributed by atoms with E-state index in [4.69, 9.17) is 14.2 Å². The molecule has 0 radical (unpaired) electrons.